The van der Waals surface area contributed by atoms with Crippen LogP contribution < -0.4 is 9.47 Å². The molecule has 4 rings (SSSR count). The Morgan fingerprint density at radius 1 is 0.893 bits per heavy atom. The SMILES string of the molecule is COc1cccc(OCCCn2c(-c3cccc(C)c3)nc3ccccc32)c1. The van der Waals surface area contributed by atoms with Crippen LogP contribution in [0.2, 0.25) is 0 Å². The fourth-order valence-electron chi connectivity index (χ4n) is 3.41. The predicted molar refractivity (Wildman–Crippen MR) is 113 cm³/mol. The van der Waals surface area contributed by atoms with Gasteiger partial charge in [-0.2, -0.15) is 0 Å². The number of aryl methyl sites for hydroxylation is 2. The van der Waals surface area contributed by atoms with Crippen molar-refractivity contribution in [3.05, 3.63) is 78.4 Å². The van der Waals surface area contributed by atoms with Crippen molar-refractivity contribution < 1.29 is 9.47 Å². The lowest BCUT2D eigenvalue weighted by Crippen LogP contribution is -2.06. The standard InChI is InChI=1S/C24H24N2O2/c1-18-8-5-9-19(16-18)24-25-22-12-3-4-13-23(22)26(24)14-7-15-28-21-11-6-10-20(17-21)27-2/h3-6,8-13,16-17H,7,14-15H2,1-2H3. The van der Waals surface area contributed by atoms with Gasteiger partial charge < -0.3 is 14.0 Å². The Hall–Kier alpha value is -3.27. The highest BCUT2D eigenvalue weighted by Crippen LogP contribution is 2.26. The van der Waals surface area contributed by atoms with Crippen LogP contribution in [0.1, 0.15) is 12.0 Å². The maximum absolute atomic E-state index is 5.91. The number of benzene rings is 3. The number of hydrogen-bond donors (Lipinski definition) is 0. The van der Waals surface area contributed by atoms with Crippen LogP contribution in [0.4, 0.5) is 0 Å². The molecule has 0 aliphatic carbocycles. The van der Waals surface area contributed by atoms with E-state index in [2.05, 4.69) is 54.0 Å². The molecule has 3 aromatic carbocycles. The minimum Gasteiger partial charge on any atom is -0.497 e. The second-order valence-corrected chi connectivity index (χ2v) is 6.83. The smallest absolute Gasteiger partial charge is 0.141 e. The van der Waals surface area contributed by atoms with E-state index < -0.39 is 0 Å². The van der Waals surface area contributed by atoms with E-state index in [1.165, 1.54) is 5.56 Å². The molecule has 1 aromatic heterocycles. The average Bonchev–Trinajstić information content (AvgIpc) is 3.10. The Morgan fingerprint density at radius 3 is 2.57 bits per heavy atom. The van der Waals surface area contributed by atoms with Gasteiger partial charge in [-0.05, 0) is 43.7 Å². The van der Waals surface area contributed by atoms with Gasteiger partial charge in [-0.25, -0.2) is 4.98 Å². The topological polar surface area (TPSA) is 36.3 Å². The van der Waals surface area contributed by atoms with Crippen LogP contribution in [0.25, 0.3) is 22.4 Å². The Bertz CT molecular complexity index is 1080. The number of rotatable bonds is 7. The lowest BCUT2D eigenvalue weighted by atomic mass is 10.1. The van der Waals surface area contributed by atoms with Gasteiger partial charge in [0.2, 0.25) is 0 Å². The van der Waals surface area contributed by atoms with Crippen molar-refractivity contribution in [2.45, 2.75) is 19.9 Å². The molecule has 0 amide bonds. The van der Waals surface area contributed by atoms with E-state index in [4.69, 9.17) is 14.5 Å². The van der Waals surface area contributed by atoms with Gasteiger partial charge in [-0.15, -0.1) is 0 Å². The Kier molecular flexibility index (Phi) is 5.29. The van der Waals surface area contributed by atoms with Crippen molar-refractivity contribution in [2.75, 3.05) is 13.7 Å². The number of para-hydroxylation sites is 2. The van der Waals surface area contributed by atoms with Crippen LogP contribution in [0.3, 0.4) is 0 Å². The molecule has 0 saturated carbocycles. The van der Waals surface area contributed by atoms with Gasteiger partial charge in [0.15, 0.2) is 0 Å². The number of imidazole rings is 1. The van der Waals surface area contributed by atoms with Gasteiger partial charge in [-0.3, -0.25) is 0 Å². The van der Waals surface area contributed by atoms with Gasteiger partial charge in [0.25, 0.3) is 0 Å². The number of aromatic nitrogens is 2. The number of ether oxygens (including phenoxy) is 2. The minimum absolute atomic E-state index is 0.632. The summed E-state index contributed by atoms with van der Waals surface area (Å²) in [6.07, 6.45) is 0.885. The summed E-state index contributed by atoms with van der Waals surface area (Å²) in [4.78, 5) is 4.89. The minimum atomic E-state index is 0.632. The maximum Gasteiger partial charge on any atom is 0.141 e. The highest BCUT2D eigenvalue weighted by Gasteiger charge is 2.12. The first-order valence-corrected chi connectivity index (χ1v) is 9.54. The predicted octanol–water partition coefficient (Wildman–Crippen LogP) is 5.49. The summed E-state index contributed by atoms with van der Waals surface area (Å²) in [5.74, 6) is 2.64. The van der Waals surface area contributed by atoms with Gasteiger partial charge in [0.1, 0.15) is 17.3 Å². The van der Waals surface area contributed by atoms with Crippen molar-refractivity contribution >= 4 is 11.0 Å². The largest absolute Gasteiger partial charge is 0.497 e. The molecule has 0 radical (unpaired) electrons. The fourth-order valence-corrected chi connectivity index (χ4v) is 3.41. The van der Waals surface area contributed by atoms with Crippen molar-refractivity contribution in [2.24, 2.45) is 0 Å². The molecule has 0 aliphatic rings. The number of fused-ring (bicyclic) bond motifs is 1. The molecule has 4 aromatic rings. The van der Waals surface area contributed by atoms with Crippen LogP contribution >= 0.6 is 0 Å². The summed E-state index contributed by atoms with van der Waals surface area (Å²) in [5, 5.41) is 0. The third kappa shape index (κ3) is 3.86. The number of hydrogen-bond acceptors (Lipinski definition) is 3. The lowest BCUT2D eigenvalue weighted by Gasteiger charge is -2.11. The molecule has 4 heteroatoms. The fraction of sp³-hybridized carbons (Fsp3) is 0.208. The zero-order valence-electron chi connectivity index (χ0n) is 16.3. The van der Waals surface area contributed by atoms with E-state index in [0.717, 1.165) is 46.9 Å². The molecule has 0 atom stereocenters. The third-order valence-corrected chi connectivity index (χ3v) is 4.77. The zero-order chi connectivity index (χ0) is 19.3. The van der Waals surface area contributed by atoms with Gasteiger partial charge >= 0.3 is 0 Å². The van der Waals surface area contributed by atoms with Gasteiger partial charge in [0.05, 0.1) is 24.8 Å². The summed E-state index contributed by atoms with van der Waals surface area (Å²) in [6.45, 7) is 3.58. The summed E-state index contributed by atoms with van der Waals surface area (Å²) in [6, 6.07) is 24.5. The molecule has 0 bridgehead atoms. The van der Waals surface area contributed by atoms with E-state index in [1.807, 2.05) is 30.3 Å². The van der Waals surface area contributed by atoms with Crippen LogP contribution in [0.15, 0.2) is 72.8 Å². The van der Waals surface area contributed by atoms with Crippen molar-refractivity contribution in [3.63, 3.8) is 0 Å². The molecule has 0 spiro atoms. The normalized spacial score (nSPS) is 10.9. The van der Waals surface area contributed by atoms with E-state index in [1.54, 1.807) is 7.11 Å². The molecule has 142 valence electrons. The first-order chi connectivity index (χ1) is 13.7. The number of methoxy groups -OCH3 is 1. The second-order valence-electron chi connectivity index (χ2n) is 6.83. The molecule has 28 heavy (non-hydrogen) atoms. The first kappa shape index (κ1) is 18.1. The summed E-state index contributed by atoms with van der Waals surface area (Å²) in [7, 11) is 1.66. The van der Waals surface area contributed by atoms with Gasteiger partial charge in [0, 0.05) is 18.2 Å². The average molecular weight is 372 g/mol. The monoisotopic (exact) mass is 372 g/mol. The second kappa shape index (κ2) is 8.17. The highest BCUT2D eigenvalue weighted by molar-refractivity contribution is 5.80. The first-order valence-electron chi connectivity index (χ1n) is 9.54. The summed E-state index contributed by atoms with van der Waals surface area (Å²) >= 11 is 0. The van der Waals surface area contributed by atoms with Gasteiger partial charge in [-0.1, -0.05) is 42.0 Å². The molecule has 0 fully saturated rings. The quantitative estimate of drug-likeness (QED) is 0.403. The molecule has 0 aliphatic heterocycles. The lowest BCUT2D eigenvalue weighted by molar-refractivity contribution is 0.300. The Balaban J connectivity index is 1.53. The van der Waals surface area contributed by atoms with E-state index >= 15 is 0 Å². The Morgan fingerprint density at radius 2 is 1.71 bits per heavy atom. The Labute approximate surface area is 165 Å². The molecule has 0 N–H and O–H groups in total. The molecule has 0 unspecified atom stereocenters. The molecule has 1 heterocycles. The van der Waals surface area contributed by atoms with Crippen LogP contribution in [0, 0.1) is 6.92 Å². The molecular formula is C24H24N2O2. The van der Waals surface area contributed by atoms with Crippen molar-refractivity contribution in [3.8, 4) is 22.9 Å². The summed E-state index contributed by atoms with van der Waals surface area (Å²) < 4.78 is 13.5. The summed E-state index contributed by atoms with van der Waals surface area (Å²) in [5.41, 5.74) is 4.55. The van der Waals surface area contributed by atoms with Crippen molar-refractivity contribution in [1.82, 2.24) is 9.55 Å². The number of nitrogens with zero attached hydrogens (tertiary/aromatic N) is 2. The molecule has 4 nitrogen and oxygen atoms in total. The van der Waals surface area contributed by atoms with E-state index in [0.29, 0.717) is 6.61 Å². The van der Waals surface area contributed by atoms with Crippen LogP contribution in [0.5, 0.6) is 11.5 Å². The molecular weight excluding hydrogens is 348 g/mol. The zero-order valence-corrected chi connectivity index (χ0v) is 16.3. The highest BCUT2D eigenvalue weighted by atomic mass is 16.5. The van der Waals surface area contributed by atoms with Crippen LogP contribution in [-0.4, -0.2) is 23.3 Å². The third-order valence-electron chi connectivity index (χ3n) is 4.77. The van der Waals surface area contributed by atoms with E-state index in [9.17, 15) is 0 Å². The van der Waals surface area contributed by atoms with Crippen LogP contribution in [-0.2, 0) is 6.54 Å². The van der Waals surface area contributed by atoms with E-state index in [-0.39, 0.29) is 0 Å². The maximum atomic E-state index is 5.91. The molecule has 0 saturated heterocycles. The van der Waals surface area contributed by atoms with Crippen molar-refractivity contribution in [1.29, 1.82) is 0 Å².